The van der Waals surface area contributed by atoms with Crippen LogP contribution in [-0.4, -0.2) is 13.2 Å². The largest absolute Gasteiger partial charge is 0.494 e. The molecular weight excluding hydrogens is 385 g/mol. The average Bonchev–Trinajstić information content (AvgIpc) is 2.48. The van der Waals surface area contributed by atoms with Gasteiger partial charge in [-0.05, 0) is 55.8 Å². The lowest BCUT2D eigenvalue weighted by Gasteiger charge is -2.12. The number of hydrogen-bond acceptors (Lipinski definition) is 2. The first-order valence-corrected chi connectivity index (χ1v) is 8.71. The van der Waals surface area contributed by atoms with Crippen LogP contribution in [0.1, 0.15) is 18.1 Å². The van der Waals surface area contributed by atoms with Crippen molar-refractivity contribution in [1.29, 1.82) is 0 Å². The predicted octanol–water partition coefficient (Wildman–Crippen LogP) is 5.49. The summed E-state index contributed by atoms with van der Waals surface area (Å²) in [6.45, 7) is 4.23. The fraction of sp³-hybridized carbons (Fsp3) is 0.294. The minimum absolute atomic E-state index is 0.662. The number of halogens is 3. The summed E-state index contributed by atoms with van der Waals surface area (Å²) < 4.78 is 6.69. The van der Waals surface area contributed by atoms with Crippen molar-refractivity contribution in [2.75, 3.05) is 13.2 Å². The van der Waals surface area contributed by atoms with Gasteiger partial charge in [0.05, 0.1) is 6.61 Å². The van der Waals surface area contributed by atoms with Crippen LogP contribution in [0.5, 0.6) is 5.75 Å². The van der Waals surface area contributed by atoms with Gasteiger partial charge in [0.1, 0.15) is 5.75 Å². The van der Waals surface area contributed by atoms with Crippen LogP contribution in [0, 0.1) is 0 Å². The Balaban J connectivity index is 1.89. The van der Waals surface area contributed by atoms with Gasteiger partial charge in [-0.1, -0.05) is 45.2 Å². The maximum Gasteiger partial charge on any atom is 0.123 e. The van der Waals surface area contributed by atoms with E-state index >= 15 is 0 Å². The zero-order valence-corrected chi connectivity index (χ0v) is 15.4. The lowest BCUT2D eigenvalue weighted by Crippen LogP contribution is -2.17. The van der Waals surface area contributed by atoms with Crippen molar-refractivity contribution in [2.24, 2.45) is 0 Å². The van der Waals surface area contributed by atoms with Crippen LogP contribution in [0.3, 0.4) is 0 Å². The van der Waals surface area contributed by atoms with Crippen LogP contribution in [0.2, 0.25) is 10.0 Å². The summed E-state index contributed by atoms with van der Waals surface area (Å²) in [5.41, 5.74) is 2.23. The van der Waals surface area contributed by atoms with Crippen molar-refractivity contribution in [3.8, 4) is 5.75 Å². The molecule has 0 aliphatic heterocycles. The average molecular weight is 403 g/mol. The first-order valence-electron chi connectivity index (χ1n) is 7.16. The van der Waals surface area contributed by atoms with E-state index in [0.29, 0.717) is 16.7 Å². The zero-order valence-electron chi connectivity index (χ0n) is 12.3. The zero-order chi connectivity index (χ0) is 15.9. The Kier molecular flexibility index (Phi) is 7.03. The number of rotatable bonds is 7. The Morgan fingerprint density at radius 3 is 2.64 bits per heavy atom. The van der Waals surface area contributed by atoms with Crippen LogP contribution in [0.25, 0.3) is 0 Å². The van der Waals surface area contributed by atoms with Gasteiger partial charge in [-0.3, -0.25) is 0 Å². The molecule has 22 heavy (non-hydrogen) atoms. The van der Waals surface area contributed by atoms with E-state index in [2.05, 4.69) is 27.3 Å². The van der Waals surface area contributed by atoms with Gasteiger partial charge in [-0.25, -0.2) is 0 Å². The Labute approximate surface area is 149 Å². The molecule has 118 valence electrons. The van der Waals surface area contributed by atoms with Gasteiger partial charge < -0.3 is 10.1 Å². The first-order chi connectivity index (χ1) is 10.6. The van der Waals surface area contributed by atoms with E-state index in [1.165, 1.54) is 0 Å². The van der Waals surface area contributed by atoms with Crippen molar-refractivity contribution in [3.05, 3.63) is 62.0 Å². The lowest BCUT2D eigenvalue weighted by atomic mass is 10.1. The van der Waals surface area contributed by atoms with E-state index < -0.39 is 0 Å². The summed E-state index contributed by atoms with van der Waals surface area (Å²) >= 11 is 15.6. The molecule has 0 heterocycles. The Hall–Kier alpha value is -0.740. The lowest BCUT2D eigenvalue weighted by molar-refractivity contribution is 0.335. The van der Waals surface area contributed by atoms with Crippen molar-refractivity contribution >= 4 is 39.1 Å². The Morgan fingerprint density at radius 2 is 1.91 bits per heavy atom. The van der Waals surface area contributed by atoms with Gasteiger partial charge >= 0.3 is 0 Å². The van der Waals surface area contributed by atoms with Crippen LogP contribution in [-0.2, 0) is 13.0 Å². The number of benzene rings is 2. The minimum Gasteiger partial charge on any atom is -0.494 e. The highest BCUT2D eigenvalue weighted by Crippen LogP contribution is 2.24. The molecule has 0 unspecified atom stereocenters. The second kappa shape index (κ2) is 8.78. The van der Waals surface area contributed by atoms with Crippen LogP contribution in [0.4, 0.5) is 0 Å². The highest BCUT2D eigenvalue weighted by Gasteiger charge is 2.05. The van der Waals surface area contributed by atoms with Crippen molar-refractivity contribution in [3.63, 3.8) is 0 Å². The third kappa shape index (κ3) is 5.17. The molecule has 0 spiro atoms. The Bertz CT molecular complexity index is 634. The molecule has 2 aromatic carbocycles. The molecule has 0 aliphatic rings. The van der Waals surface area contributed by atoms with Crippen molar-refractivity contribution in [2.45, 2.75) is 19.9 Å². The van der Waals surface area contributed by atoms with Crippen LogP contribution < -0.4 is 10.1 Å². The number of ether oxygens (including phenoxy) is 1. The molecule has 2 rings (SSSR count). The fourth-order valence-corrected chi connectivity index (χ4v) is 3.06. The molecule has 2 nitrogen and oxygen atoms in total. The second-order valence-corrected chi connectivity index (χ2v) is 6.61. The summed E-state index contributed by atoms with van der Waals surface area (Å²) in [6, 6.07) is 11.7. The van der Waals surface area contributed by atoms with Gasteiger partial charge in [0.2, 0.25) is 0 Å². The third-order valence-corrected chi connectivity index (χ3v) is 4.30. The molecule has 0 bridgehead atoms. The predicted molar refractivity (Wildman–Crippen MR) is 97.2 cm³/mol. The van der Waals surface area contributed by atoms with Crippen molar-refractivity contribution in [1.82, 2.24) is 5.32 Å². The van der Waals surface area contributed by atoms with E-state index in [1.54, 1.807) is 6.07 Å². The third-order valence-electron chi connectivity index (χ3n) is 3.22. The monoisotopic (exact) mass is 401 g/mol. The molecule has 5 heteroatoms. The van der Waals surface area contributed by atoms with E-state index in [0.717, 1.165) is 40.9 Å². The summed E-state index contributed by atoms with van der Waals surface area (Å²) in [5, 5.41) is 4.80. The Morgan fingerprint density at radius 1 is 1.09 bits per heavy atom. The van der Waals surface area contributed by atoms with Gasteiger partial charge in [0.15, 0.2) is 0 Å². The highest BCUT2D eigenvalue weighted by molar-refractivity contribution is 9.10. The molecule has 0 saturated carbocycles. The minimum atomic E-state index is 0.662. The molecular formula is C17H18BrCl2NO. The summed E-state index contributed by atoms with van der Waals surface area (Å²) in [5.74, 6) is 0.919. The van der Waals surface area contributed by atoms with E-state index in [-0.39, 0.29) is 0 Å². The fourth-order valence-electron chi connectivity index (χ4n) is 2.15. The molecule has 0 saturated heterocycles. The normalized spacial score (nSPS) is 10.7. The molecule has 0 aliphatic carbocycles. The molecule has 2 aromatic rings. The molecule has 0 atom stereocenters. The standard InChI is InChI=1S/C17H18BrCl2NO/c1-2-22-17-6-4-14(18)9-13(17)11-21-8-7-12-3-5-15(19)10-16(12)20/h3-6,9-10,21H,2,7-8,11H2,1H3. The number of hydrogen-bond donors (Lipinski definition) is 1. The van der Waals surface area contributed by atoms with E-state index in [4.69, 9.17) is 27.9 Å². The van der Waals surface area contributed by atoms with E-state index in [9.17, 15) is 0 Å². The summed E-state index contributed by atoms with van der Waals surface area (Å²) in [6.07, 6.45) is 0.855. The summed E-state index contributed by atoms with van der Waals surface area (Å²) in [7, 11) is 0. The van der Waals surface area contributed by atoms with Crippen LogP contribution in [0.15, 0.2) is 40.9 Å². The summed E-state index contributed by atoms with van der Waals surface area (Å²) in [4.78, 5) is 0. The molecule has 0 aromatic heterocycles. The van der Waals surface area contributed by atoms with Crippen LogP contribution >= 0.6 is 39.1 Å². The topological polar surface area (TPSA) is 21.3 Å². The second-order valence-electron chi connectivity index (χ2n) is 4.85. The maximum atomic E-state index is 6.17. The quantitative estimate of drug-likeness (QED) is 0.618. The van der Waals surface area contributed by atoms with E-state index in [1.807, 2.05) is 31.2 Å². The van der Waals surface area contributed by atoms with Gasteiger partial charge in [0, 0.05) is 26.6 Å². The molecule has 0 amide bonds. The maximum absolute atomic E-state index is 6.17. The molecule has 0 radical (unpaired) electrons. The first kappa shape index (κ1) is 17.6. The van der Waals surface area contributed by atoms with Gasteiger partial charge in [-0.2, -0.15) is 0 Å². The molecule has 1 N–H and O–H groups in total. The highest BCUT2D eigenvalue weighted by atomic mass is 79.9. The smallest absolute Gasteiger partial charge is 0.123 e. The molecule has 0 fully saturated rings. The van der Waals surface area contributed by atoms with Gasteiger partial charge in [0.25, 0.3) is 0 Å². The SMILES string of the molecule is CCOc1ccc(Br)cc1CNCCc1ccc(Cl)cc1Cl. The van der Waals surface area contributed by atoms with Gasteiger partial charge in [-0.15, -0.1) is 0 Å². The van der Waals surface area contributed by atoms with Crippen molar-refractivity contribution < 1.29 is 4.74 Å². The number of nitrogens with one attached hydrogen (secondary N) is 1.